The van der Waals surface area contributed by atoms with Gasteiger partial charge < -0.3 is 15.4 Å². The molecule has 0 spiro atoms. The number of rotatable bonds is 5. The van der Waals surface area contributed by atoms with Crippen molar-refractivity contribution in [1.82, 2.24) is 9.80 Å². The zero-order valence-electron chi connectivity index (χ0n) is 12.4. The summed E-state index contributed by atoms with van der Waals surface area (Å²) >= 11 is 0. The van der Waals surface area contributed by atoms with Crippen LogP contribution in [0, 0.1) is 11.3 Å². The van der Waals surface area contributed by atoms with Crippen LogP contribution in [0.25, 0.3) is 0 Å². The van der Waals surface area contributed by atoms with Crippen molar-refractivity contribution in [3.05, 3.63) is 11.8 Å². The van der Waals surface area contributed by atoms with Crippen LogP contribution >= 0.6 is 0 Å². The van der Waals surface area contributed by atoms with E-state index >= 15 is 0 Å². The van der Waals surface area contributed by atoms with Crippen molar-refractivity contribution >= 4 is 12.0 Å². The van der Waals surface area contributed by atoms with E-state index < -0.39 is 6.09 Å². The van der Waals surface area contributed by atoms with Gasteiger partial charge in [-0.25, -0.2) is 4.79 Å². The van der Waals surface area contributed by atoms with E-state index in [1.54, 1.807) is 11.8 Å². The van der Waals surface area contributed by atoms with Gasteiger partial charge in [-0.15, -0.1) is 0 Å². The topological polar surface area (TPSA) is 99.7 Å². The maximum atomic E-state index is 12.3. The molecule has 0 bridgehead atoms. The van der Waals surface area contributed by atoms with E-state index in [1.807, 2.05) is 6.07 Å². The Hall–Kier alpha value is -2.07. The smallest absolute Gasteiger partial charge is 0.413 e. The predicted molar refractivity (Wildman–Crippen MR) is 76.9 cm³/mol. The molecule has 1 aliphatic heterocycles. The Balaban J connectivity index is 2.85. The van der Waals surface area contributed by atoms with Crippen LogP contribution < -0.4 is 5.73 Å². The van der Waals surface area contributed by atoms with Crippen LogP contribution in [-0.2, 0) is 9.53 Å². The number of carbonyl (C=O) groups is 2. The molecule has 1 rings (SSSR count). The number of nitrogens with two attached hydrogens (primary N) is 1. The van der Waals surface area contributed by atoms with Crippen molar-refractivity contribution in [3.8, 4) is 6.07 Å². The molecular formula is C14H22N4O3. The lowest BCUT2D eigenvalue weighted by Gasteiger charge is -2.26. The number of carbonyl (C=O) groups excluding carboxylic acids is 2. The largest absolute Gasteiger partial charge is 0.449 e. The first-order chi connectivity index (χ1) is 10.1. The lowest BCUT2D eigenvalue weighted by Crippen LogP contribution is -2.38. The molecule has 0 unspecified atom stereocenters. The Morgan fingerprint density at radius 2 is 2.05 bits per heavy atom. The van der Waals surface area contributed by atoms with Gasteiger partial charge in [-0.2, -0.15) is 5.26 Å². The molecule has 0 aromatic rings. The molecule has 7 heteroatoms. The highest BCUT2D eigenvalue weighted by atomic mass is 16.6. The molecular weight excluding hydrogens is 272 g/mol. The maximum absolute atomic E-state index is 12.3. The van der Waals surface area contributed by atoms with Gasteiger partial charge in [0.25, 0.3) is 5.91 Å². The van der Waals surface area contributed by atoms with Crippen LogP contribution in [0.4, 0.5) is 4.79 Å². The summed E-state index contributed by atoms with van der Waals surface area (Å²) in [6.45, 7) is 3.60. The number of nitriles is 1. The summed E-state index contributed by atoms with van der Waals surface area (Å²) in [5, 5.41) is 9.18. The fraction of sp³-hybridized carbons (Fsp3) is 0.643. The highest BCUT2D eigenvalue weighted by molar-refractivity contribution is 5.97. The molecule has 0 aliphatic carbocycles. The fourth-order valence-electron chi connectivity index (χ4n) is 2.11. The summed E-state index contributed by atoms with van der Waals surface area (Å²) < 4.78 is 4.88. The summed E-state index contributed by atoms with van der Waals surface area (Å²) in [6.07, 6.45) is 3.60. The van der Waals surface area contributed by atoms with Crippen molar-refractivity contribution < 1.29 is 14.3 Å². The standard InChI is InChI=1S/C14H22N4O3/c1-2-21-14(20)18(9-6-15)11-12(10-16)13(19)17-7-4-3-5-8-17/h11H,2-9,15H2,1H3/b12-11-. The first kappa shape index (κ1) is 17.0. The Bertz CT molecular complexity index is 436. The average molecular weight is 294 g/mol. The number of hydrogen-bond donors (Lipinski definition) is 1. The Morgan fingerprint density at radius 3 is 2.57 bits per heavy atom. The van der Waals surface area contributed by atoms with Gasteiger partial charge in [0.05, 0.1) is 6.61 Å². The van der Waals surface area contributed by atoms with Gasteiger partial charge in [0.15, 0.2) is 0 Å². The molecule has 2 amide bonds. The zero-order valence-corrected chi connectivity index (χ0v) is 12.4. The van der Waals surface area contributed by atoms with E-state index in [0.717, 1.165) is 19.3 Å². The molecule has 21 heavy (non-hydrogen) atoms. The van der Waals surface area contributed by atoms with Gasteiger partial charge in [0.2, 0.25) is 0 Å². The SMILES string of the molecule is CCOC(=O)N(/C=C(/C#N)C(=O)N1CCCCC1)CCN. The van der Waals surface area contributed by atoms with E-state index in [9.17, 15) is 14.9 Å². The van der Waals surface area contributed by atoms with Crippen molar-refractivity contribution in [2.45, 2.75) is 26.2 Å². The lowest BCUT2D eigenvalue weighted by atomic mass is 10.1. The summed E-state index contributed by atoms with van der Waals surface area (Å²) in [4.78, 5) is 26.8. The first-order valence-corrected chi connectivity index (χ1v) is 7.18. The number of ether oxygens (including phenoxy) is 1. The molecule has 0 aromatic carbocycles. The molecule has 1 fully saturated rings. The minimum Gasteiger partial charge on any atom is -0.449 e. The van der Waals surface area contributed by atoms with Gasteiger partial charge in [-0.05, 0) is 26.2 Å². The molecule has 0 atom stereocenters. The second kappa shape index (κ2) is 8.97. The molecule has 0 radical (unpaired) electrons. The summed E-state index contributed by atoms with van der Waals surface area (Å²) in [5.74, 6) is -0.344. The number of nitrogens with zero attached hydrogens (tertiary/aromatic N) is 3. The van der Waals surface area contributed by atoms with Crippen LogP contribution in [0.15, 0.2) is 11.8 Å². The second-order valence-corrected chi connectivity index (χ2v) is 4.69. The van der Waals surface area contributed by atoms with E-state index in [-0.39, 0.29) is 31.2 Å². The zero-order chi connectivity index (χ0) is 15.7. The third-order valence-corrected chi connectivity index (χ3v) is 3.15. The van der Waals surface area contributed by atoms with Crippen LogP contribution in [0.1, 0.15) is 26.2 Å². The summed E-state index contributed by atoms with van der Waals surface area (Å²) in [6, 6.07) is 1.86. The van der Waals surface area contributed by atoms with Gasteiger partial charge in [-0.3, -0.25) is 9.69 Å². The van der Waals surface area contributed by atoms with Gasteiger partial charge in [0, 0.05) is 32.4 Å². The highest BCUT2D eigenvalue weighted by Gasteiger charge is 2.22. The number of piperidine rings is 1. The third kappa shape index (κ3) is 5.08. The number of hydrogen-bond acceptors (Lipinski definition) is 5. The van der Waals surface area contributed by atoms with E-state index in [2.05, 4.69) is 0 Å². The van der Waals surface area contributed by atoms with Crippen LogP contribution in [0.2, 0.25) is 0 Å². The van der Waals surface area contributed by atoms with E-state index in [4.69, 9.17) is 10.5 Å². The summed E-state index contributed by atoms with van der Waals surface area (Å²) in [5.41, 5.74) is 5.37. The van der Waals surface area contributed by atoms with Crippen molar-refractivity contribution in [1.29, 1.82) is 5.26 Å². The molecule has 0 aromatic heterocycles. The minimum absolute atomic E-state index is 0.0709. The Labute approximate surface area is 124 Å². The van der Waals surface area contributed by atoms with Gasteiger partial charge >= 0.3 is 6.09 Å². The van der Waals surface area contributed by atoms with E-state index in [1.165, 1.54) is 11.1 Å². The van der Waals surface area contributed by atoms with Crippen LogP contribution in [0.3, 0.4) is 0 Å². The fourth-order valence-corrected chi connectivity index (χ4v) is 2.11. The molecule has 2 N–H and O–H groups in total. The normalized spacial score (nSPS) is 15.3. The molecule has 0 saturated carbocycles. The number of likely N-dealkylation sites (tertiary alicyclic amines) is 1. The molecule has 7 nitrogen and oxygen atoms in total. The van der Waals surface area contributed by atoms with Gasteiger partial charge in [-0.1, -0.05) is 0 Å². The minimum atomic E-state index is -0.609. The molecule has 1 saturated heterocycles. The third-order valence-electron chi connectivity index (χ3n) is 3.15. The first-order valence-electron chi connectivity index (χ1n) is 7.18. The van der Waals surface area contributed by atoms with Crippen molar-refractivity contribution in [2.75, 3.05) is 32.8 Å². The second-order valence-electron chi connectivity index (χ2n) is 4.69. The quantitative estimate of drug-likeness (QED) is 0.598. The maximum Gasteiger partial charge on any atom is 0.413 e. The van der Waals surface area contributed by atoms with Crippen LogP contribution in [-0.4, -0.2) is 54.6 Å². The van der Waals surface area contributed by atoms with Crippen molar-refractivity contribution in [2.24, 2.45) is 5.73 Å². The molecule has 1 aliphatic rings. The average Bonchev–Trinajstić information content (AvgIpc) is 2.51. The van der Waals surface area contributed by atoms with Crippen LogP contribution in [0.5, 0.6) is 0 Å². The van der Waals surface area contributed by atoms with Crippen molar-refractivity contribution in [3.63, 3.8) is 0 Å². The Kier molecular flexibility index (Phi) is 7.26. The summed E-state index contributed by atoms with van der Waals surface area (Å²) in [7, 11) is 0. The Morgan fingerprint density at radius 1 is 1.38 bits per heavy atom. The van der Waals surface area contributed by atoms with E-state index in [0.29, 0.717) is 13.1 Å². The molecule has 116 valence electrons. The lowest BCUT2D eigenvalue weighted by molar-refractivity contribution is -0.127. The highest BCUT2D eigenvalue weighted by Crippen LogP contribution is 2.12. The van der Waals surface area contributed by atoms with Gasteiger partial charge in [0.1, 0.15) is 11.6 Å². The predicted octanol–water partition coefficient (Wildman–Crippen LogP) is 0.824. The monoisotopic (exact) mass is 294 g/mol. The number of amides is 2. The molecule has 1 heterocycles.